The van der Waals surface area contributed by atoms with Gasteiger partial charge < -0.3 is 9.47 Å². The van der Waals surface area contributed by atoms with E-state index in [0.29, 0.717) is 17.5 Å². The molecule has 0 amide bonds. The highest BCUT2D eigenvalue weighted by molar-refractivity contribution is 5.87. The van der Waals surface area contributed by atoms with Crippen LogP contribution in [0.3, 0.4) is 0 Å². The minimum atomic E-state index is -0.337. The molecule has 1 N–H and O–H groups in total. The Hall–Kier alpha value is -1.36. The number of ether oxygens (including phenoxy) is 2. The van der Waals surface area contributed by atoms with Gasteiger partial charge in [0.05, 0.1) is 6.10 Å². The molecule has 1 aromatic rings. The maximum Gasteiger partial charge on any atom is 0.359 e. The van der Waals surface area contributed by atoms with Crippen LogP contribution in [-0.4, -0.2) is 35.0 Å². The van der Waals surface area contributed by atoms with Gasteiger partial charge in [0.2, 0.25) is 0 Å². The zero-order valence-corrected chi connectivity index (χ0v) is 12.5. The second-order valence-corrected chi connectivity index (χ2v) is 6.75. The lowest BCUT2D eigenvalue weighted by atomic mass is 9.59. The summed E-state index contributed by atoms with van der Waals surface area (Å²) in [7, 11) is 0. The molecule has 0 radical (unpaired) electrons. The number of carbonyl (C=O) groups is 1. The van der Waals surface area contributed by atoms with Gasteiger partial charge in [-0.15, -0.1) is 0 Å². The lowest BCUT2D eigenvalue weighted by Crippen LogP contribution is -2.61. The number of nitrogens with one attached hydrogen (secondary N) is 1. The summed E-state index contributed by atoms with van der Waals surface area (Å²) in [5.41, 5.74) is 1.22. The first-order valence-electron chi connectivity index (χ1n) is 7.29. The summed E-state index contributed by atoms with van der Waals surface area (Å²) >= 11 is 0. The Balaban J connectivity index is 1.69. The molecule has 20 heavy (non-hydrogen) atoms. The van der Waals surface area contributed by atoms with Crippen molar-refractivity contribution in [2.24, 2.45) is 11.3 Å². The Morgan fingerprint density at radius 3 is 2.95 bits per heavy atom. The zero-order valence-electron chi connectivity index (χ0n) is 12.5. The summed E-state index contributed by atoms with van der Waals surface area (Å²) in [6.07, 6.45) is 1.14. The summed E-state index contributed by atoms with van der Waals surface area (Å²) in [5.74, 6) is 0.325. The Labute approximate surface area is 119 Å². The van der Waals surface area contributed by atoms with Crippen molar-refractivity contribution in [3.8, 4) is 0 Å². The fourth-order valence-corrected chi connectivity index (χ4v) is 3.43. The fourth-order valence-electron chi connectivity index (χ4n) is 3.43. The maximum absolute atomic E-state index is 12.2. The third-order valence-corrected chi connectivity index (χ3v) is 4.66. The van der Waals surface area contributed by atoms with Crippen LogP contribution in [0, 0.1) is 11.3 Å². The van der Waals surface area contributed by atoms with Gasteiger partial charge in [-0.1, -0.05) is 27.7 Å². The van der Waals surface area contributed by atoms with Crippen molar-refractivity contribution in [3.05, 3.63) is 17.5 Å². The summed E-state index contributed by atoms with van der Waals surface area (Å²) in [6, 6.07) is 1.78. The van der Waals surface area contributed by atoms with E-state index in [2.05, 4.69) is 37.9 Å². The second kappa shape index (κ2) is 4.58. The summed E-state index contributed by atoms with van der Waals surface area (Å²) < 4.78 is 11.4. The summed E-state index contributed by atoms with van der Waals surface area (Å²) in [5, 5.41) is 6.94. The molecule has 2 heterocycles. The van der Waals surface area contributed by atoms with Crippen molar-refractivity contribution >= 4 is 5.97 Å². The molecule has 0 spiro atoms. The standard InChI is InChI=1S/C15H22N2O3/c1-8(2)10-7-11(17-16-10)14(18)20-13-9-5-6-19-12(9)15(13,3)4/h7-9,12-13H,5-6H2,1-4H3,(H,16,17). The number of hydrogen-bond acceptors (Lipinski definition) is 4. The van der Waals surface area contributed by atoms with Gasteiger partial charge in [0.1, 0.15) is 6.10 Å². The molecule has 5 nitrogen and oxygen atoms in total. The predicted octanol–water partition coefficient (Wildman–Crippen LogP) is 2.50. The van der Waals surface area contributed by atoms with Crippen LogP contribution in [0.1, 0.15) is 56.2 Å². The minimum absolute atomic E-state index is 0.0679. The second-order valence-electron chi connectivity index (χ2n) is 6.75. The molecule has 110 valence electrons. The summed E-state index contributed by atoms with van der Waals surface area (Å²) in [4.78, 5) is 12.2. The number of nitrogens with zero attached hydrogens (tertiary/aromatic N) is 1. The fraction of sp³-hybridized carbons (Fsp3) is 0.733. The molecule has 3 rings (SSSR count). The van der Waals surface area contributed by atoms with Gasteiger partial charge >= 0.3 is 5.97 Å². The predicted molar refractivity (Wildman–Crippen MR) is 73.5 cm³/mol. The first kappa shape index (κ1) is 13.6. The van der Waals surface area contributed by atoms with E-state index in [4.69, 9.17) is 9.47 Å². The third-order valence-electron chi connectivity index (χ3n) is 4.66. The van der Waals surface area contributed by atoms with Gasteiger partial charge in [-0.25, -0.2) is 4.79 Å². The molecule has 3 atom stereocenters. The van der Waals surface area contributed by atoms with Crippen molar-refractivity contribution in [2.45, 2.75) is 52.2 Å². The topological polar surface area (TPSA) is 64.2 Å². The Kier molecular flexibility index (Phi) is 3.12. The van der Waals surface area contributed by atoms with E-state index in [1.165, 1.54) is 0 Å². The number of hydrogen-bond donors (Lipinski definition) is 1. The average Bonchev–Trinajstić information content (AvgIpc) is 3.03. The highest BCUT2D eigenvalue weighted by Crippen LogP contribution is 2.53. The van der Waals surface area contributed by atoms with E-state index in [1.54, 1.807) is 6.07 Å². The Morgan fingerprint density at radius 2 is 2.30 bits per heavy atom. The monoisotopic (exact) mass is 278 g/mol. The van der Waals surface area contributed by atoms with Crippen LogP contribution in [0.25, 0.3) is 0 Å². The van der Waals surface area contributed by atoms with Crippen molar-refractivity contribution in [2.75, 3.05) is 6.61 Å². The lowest BCUT2D eigenvalue weighted by Gasteiger charge is -2.52. The highest BCUT2D eigenvalue weighted by atomic mass is 16.6. The molecule has 1 saturated carbocycles. The van der Waals surface area contributed by atoms with Crippen molar-refractivity contribution in [1.82, 2.24) is 10.2 Å². The molecule has 0 aromatic carbocycles. The molecule has 3 unspecified atom stereocenters. The molecular weight excluding hydrogens is 256 g/mol. The smallest absolute Gasteiger partial charge is 0.359 e. The van der Waals surface area contributed by atoms with Crippen LogP contribution in [-0.2, 0) is 9.47 Å². The number of esters is 1. The largest absolute Gasteiger partial charge is 0.457 e. The van der Waals surface area contributed by atoms with Gasteiger partial charge in [-0.2, -0.15) is 5.10 Å². The third kappa shape index (κ3) is 1.95. The van der Waals surface area contributed by atoms with Gasteiger partial charge in [0.25, 0.3) is 0 Å². The van der Waals surface area contributed by atoms with Gasteiger partial charge in [-0.3, -0.25) is 5.10 Å². The first-order valence-corrected chi connectivity index (χ1v) is 7.29. The van der Waals surface area contributed by atoms with E-state index < -0.39 is 0 Å². The van der Waals surface area contributed by atoms with Crippen LogP contribution in [0.4, 0.5) is 0 Å². The molecule has 1 aliphatic carbocycles. The average molecular weight is 278 g/mol. The van der Waals surface area contributed by atoms with Gasteiger partial charge in [-0.05, 0) is 18.4 Å². The van der Waals surface area contributed by atoms with Crippen molar-refractivity contribution in [1.29, 1.82) is 0 Å². The number of H-pyrrole nitrogens is 1. The minimum Gasteiger partial charge on any atom is -0.457 e. The van der Waals surface area contributed by atoms with Crippen LogP contribution >= 0.6 is 0 Å². The molecule has 2 fully saturated rings. The maximum atomic E-state index is 12.2. The van der Waals surface area contributed by atoms with E-state index in [0.717, 1.165) is 18.7 Å². The molecule has 1 saturated heterocycles. The molecule has 0 bridgehead atoms. The Morgan fingerprint density at radius 1 is 1.55 bits per heavy atom. The van der Waals surface area contributed by atoms with Crippen molar-refractivity contribution in [3.63, 3.8) is 0 Å². The number of rotatable bonds is 3. The van der Waals surface area contributed by atoms with E-state index in [9.17, 15) is 4.79 Å². The molecule has 1 aromatic heterocycles. The highest BCUT2D eigenvalue weighted by Gasteiger charge is 2.61. The number of carbonyl (C=O) groups excluding carboxylic acids is 1. The van der Waals surface area contributed by atoms with Gasteiger partial charge in [0, 0.05) is 23.6 Å². The van der Waals surface area contributed by atoms with Crippen LogP contribution in [0.15, 0.2) is 6.07 Å². The van der Waals surface area contributed by atoms with E-state index >= 15 is 0 Å². The van der Waals surface area contributed by atoms with Gasteiger partial charge in [0.15, 0.2) is 5.69 Å². The quantitative estimate of drug-likeness (QED) is 0.863. The molecule has 1 aliphatic heterocycles. The van der Waals surface area contributed by atoms with Crippen LogP contribution in [0.2, 0.25) is 0 Å². The number of aromatic nitrogens is 2. The van der Waals surface area contributed by atoms with Crippen molar-refractivity contribution < 1.29 is 14.3 Å². The van der Waals surface area contributed by atoms with Crippen LogP contribution < -0.4 is 0 Å². The first-order chi connectivity index (χ1) is 9.41. The lowest BCUT2D eigenvalue weighted by molar-refractivity contribution is -0.183. The molecular formula is C15H22N2O3. The SMILES string of the molecule is CC(C)c1cc(C(=O)OC2C3CCOC3C2(C)C)n[nH]1. The van der Waals surface area contributed by atoms with Crippen LogP contribution in [0.5, 0.6) is 0 Å². The molecule has 5 heteroatoms. The normalized spacial score (nSPS) is 30.9. The van der Waals surface area contributed by atoms with E-state index in [1.807, 2.05) is 0 Å². The summed E-state index contributed by atoms with van der Waals surface area (Å²) in [6.45, 7) is 9.08. The number of fused-ring (bicyclic) bond motifs is 1. The Bertz CT molecular complexity index is 521. The molecule has 2 aliphatic rings. The van der Waals surface area contributed by atoms with E-state index in [-0.39, 0.29) is 23.6 Å². The number of aromatic amines is 1. The zero-order chi connectivity index (χ0) is 14.5.